The van der Waals surface area contributed by atoms with Crippen LogP contribution in [-0.2, 0) is 13.0 Å². The number of rotatable bonds is 5. The molecule has 3 heteroatoms. The van der Waals surface area contributed by atoms with Crippen LogP contribution >= 0.6 is 0 Å². The van der Waals surface area contributed by atoms with E-state index >= 15 is 0 Å². The monoisotopic (exact) mass is 290 g/mol. The largest absolute Gasteiger partial charge is 0.392 e. The summed E-state index contributed by atoms with van der Waals surface area (Å²) < 4.78 is 0. The number of aliphatic hydroxyl groups excluding tert-OH is 1. The van der Waals surface area contributed by atoms with Crippen molar-refractivity contribution in [1.82, 2.24) is 5.32 Å². The molecule has 3 nitrogen and oxygen atoms in total. The highest BCUT2D eigenvalue weighted by Gasteiger charge is 2.16. The van der Waals surface area contributed by atoms with Gasteiger partial charge in [-0.2, -0.15) is 0 Å². The van der Waals surface area contributed by atoms with Crippen molar-refractivity contribution >= 4 is 5.69 Å². The van der Waals surface area contributed by atoms with E-state index in [0.29, 0.717) is 6.54 Å². The van der Waals surface area contributed by atoms with E-state index in [1.165, 1.54) is 29.7 Å². The molecule has 0 fully saturated rings. The average molecular weight is 290 g/mol. The van der Waals surface area contributed by atoms with Crippen molar-refractivity contribution in [1.29, 1.82) is 0 Å². The minimum Gasteiger partial charge on any atom is -0.392 e. The van der Waals surface area contributed by atoms with Crippen LogP contribution in [0.1, 0.15) is 44.7 Å². The second-order valence-electron chi connectivity index (χ2n) is 7.54. The molecule has 21 heavy (non-hydrogen) atoms. The molecule has 1 heterocycles. The van der Waals surface area contributed by atoms with Crippen LogP contribution in [0.15, 0.2) is 18.2 Å². The third-order valence-corrected chi connectivity index (χ3v) is 4.05. The Morgan fingerprint density at radius 3 is 2.81 bits per heavy atom. The predicted octanol–water partition coefficient (Wildman–Crippen LogP) is 2.96. The van der Waals surface area contributed by atoms with Crippen molar-refractivity contribution in [3.63, 3.8) is 0 Å². The highest BCUT2D eigenvalue weighted by molar-refractivity contribution is 5.56. The first-order valence-corrected chi connectivity index (χ1v) is 8.07. The van der Waals surface area contributed by atoms with Gasteiger partial charge in [-0.1, -0.05) is 32.9 Å². The molecule has 1 aliphatic rings. The summed E-state index contributed by atoms with van der Waals surface area (Å²) in [7, 11) is 2.17. The number of aryl methyl sites for hydroxylation is 1. The summed E-state index contributed by atoms with van der Waals surface area (Å²) in [5.41, 5.74) is 4.32. The maximum Gasteiger partial charge on any atom is 0.0669 e. The van der Waals surface area contributed by atoms with Gasteiger partial charge in [0.25, 0.3) is 0 Å². The maximum absolute atomic E-state index is 10.0. The first-order valence-electron chi connectivity index (χ1n) is 8.07. The van der Waals surface area contributed by atoms with Gasteiger partial charge in [0.1, 0.15) is 0 Å². The van der Waals surface area contributed by atoms with E-state index in [4.69, 9.17) is 0 Å². The van der Waals surface area contributed by atoms with Gasteiger partial charge in [-0.3, -0.25) is 0 Å². The van der Waals surface area contributed by atoms with E-state index in [0.717, 1.165) is 19.5 Å². The third kappa shape index (κ3) is 5.01. The van der Waals surface area contributed by atoms with Gasteiger partial charge in [0.2, 0.25) is 0 Å². The second kappa shape index (κ2) is 6.80. The van der Waals surface area contributed by atoms with Crippen LogP contribution in [0, 0.1) is 5.41 Å². The second-order valence-corrected chi connectivity index (χ2v) is 7.54. The number of aliphatic hydroxyl groups is 1. The van der Waals surface area contributed by atoms with E-state index in [-0.39, 0.29) is 11.5 Å². The minimum atomic E-state index is -0.270. The van der Waals surface area contributed by atoms with E-state index < -0.39 is 0 Å². The van der Waals surface area contributed by atoms with E-state index in [1.807, 2.05) is 0 Å². The molecule has 1 aromatic rings. The fourth-order valence-electron chi connectivity index (χ4n) is 3.11. The van der Waals surface area contributed by atoms with Crippen LogP contribution in [0.4, 0.5) is 5.69 Å². The maximum atomic E-state index is 10.0. The van der Waals surface area contributed by atoms with Gasteiger partial charge in [-0.05, 0) is 41.9 Å². The Hall–Kier alpha value is -1.06. The summed E-state index contributed by atoms with van der Waals surface area (Å²) in [4.78, 5) is 2.34. The Morgan fingerprint density at radius 2 is 2.10 bits per heavy atom. The van der Waals surface area contributed by atoms with Crippen molar-refractivity contribution in [2.45, 2.75) is 52.7 Å². The molecule has 0 radical (unpaired) electrons. The van der Waals surface area contributed by atoms with Gasteiger partial charge in [0.15, 0.2) is 0 Å². The molecule has 1 aliphatic heterocycles. The van der Waals surface area contributed by atoms with Gasteiger partial charge in [0.05, 0.1) is 6.10 Å². The summed E-state index contributed by atoms with van der Waals surface area (Å²) in [6, 6.07) is 6.75. The SMILES string of the molecule is CN1CCCc2cc(CNCC(O)CC(C)(C)C)ccc21. The Balaban J connectivity index is 1.84. The molecule has 0 saturated heterocycles. The highest BCUT2D eigenvalue weighted by atomic mass is 16.3. The standard InChI is InChI=1S/C18H30N2O/c1-18(2,3)11-16(21)13-19-12-14-7-8-17-15(10-14)6-5-9-20(17)4/h7-8,10,16,19,21H,5-6,9,11-13H2,1-4H3. The lowest BCUT2D eigenvalue weighted by molar-refractivity contribution is 0.119. The Labute approximate surface area is 129 Å². The fraction of sp³-hybridized carbons (Fsp3) is 0.667. The van der Waals surface area contributed by atoms with Gasteiger partial charge in [-0.15, -0.1) is 0 Å². The van der Waals surface area contributed by atoms with Crippen LogP contribution in [0.2, 0.25) is 0 Å². The third-order valence-electron chi connectivity index (χ3n) is 4.05. The van der Waals surface area contributed by atoms with Crippen molar-refractivity contribution < 1.29 is 5.11 Å². The summed E-state index contributed by atoms with van der Waals surface area (Å²) in [6.07, 6.45) is 2.98. The van der Waals surface area contributed by atoms with Gasteiger partial charge in [0, 0.05) is 32.4 Å². The Morgan fingerprint density at radius 1 is 1.33 bits per heavy atom. The Kier molecular flexibility index (Phi) is 5.28. The number of nitrogens with zero attached hydrogens (tertiary/aromatic N) is 1. The van der Waals surface area contributed by atoms with Crippen LogP contribution < -0.4 is 10.2 Å². The summed E-state index contributed by atoms with van der Waals surface area (Å²) in [6.45, 7) is 9.14. The van der Waals surface area contributed by atoms with Crippen molar-refractivity contribution in [2.24, 2.45) is 5.41 Å². The Bertz CT molecular complexity index is 465. The van der Waals surface area contributed by atoms with Crippen molar-refractivity contribution in [3.8, 4) is 0 Å². The highest BCUT2D eigenvalue weighted by Crippen LogP contribution is 2.26. The molecule has 2 rings (SSSR count). The van der Waals surface area contributed by atoms with E-state index in [2.05, 4.69) is 56.2 Å². The molecular weight excluding hydrogens is 260 g/mol. The lowest BCUT2D eigenvalue weighted by atomic mass is 9.89. The van der Waals surface area contributed by atoms with Gasteiger partial charge < -0.3 is 15.3 Å². The van der Waals surface area contributed by atoms with Crippen LogP contribution in [0.5, 0.6) is 0 Å². The number of anilines is 1. The molecule has 118 valence electrons. The molecule has 1 aromatic carbocycles. The van der Waals surface area contributed by atoms with Crippen LogP contribution in [-0.4, -0.2) is 31.3 Å². The normalized spacial score (nSPS) is 16.7. The molecule has 0 spiro atoms. The van der Waals surface area contributed by atoms with Crippen molar-refractivity contribution in [3.05, 3.63) is 29.3 Å². The molecule has 0 amide bonds. The number of hydrogen-bond acceptors (Lipinski definition) is 3. The molecule has 0 aromatic heterocycles. The topological polar surface area (TPSA) is 35.5 Å². The van der Waals surface area contributed by atoms with Gasteiger partial charge in [-0.25, -0.2) is 0 Å². The van der Waals surface area contributed by atoms with Crippen LogP contribution in [0.3, 0.4) is 0 Å². The first kappa shape index (κ1) is 16.3. The van der Waals surface area contributed by atoms with E-state index in [1.54, 1.807) is 0 Å². The molecule has 1 atom stereocenters. The van der Waals surface area contributed by atoms with Gasteiger partial charge >= 0.3 is 0 Å². The number of fused-ring (bicyclic) bond motifs is 1. The average Bonchev–Trinajstić information content (AvgIpc) is 2.36. The number of benzene rings is 1. The quantitative estimate of drug-likeness (QED) is 0.875. The minimum absolute atomic E-state index is 0.178. The van der Waals surface area contributed by atoms with Crippen molar-refractivity contribution in [2.75, 3.05) is 25.0 Å². The molecule has 2 N–H and O–H groups in total. The van der Waals surface area contributed by atoms with Crippen LogP contribution in [0.25, 0.3) is 0 Å². The zero-order valence-corrected chi connectivity index (χ0v) is 13.9. The zero-order valence-electron chi connectivity index (χ0n) is 13.9. The molecular formula is C18H30N2O. The smallest absolute Gasteiger partial charge is 0.0669 e. The molecule has 0 aliphatic carbocycles. The summed E-state index contributed by atoms with van der Waals surface area (Å²) in [5, 5.41) is 13.4. The lowest BCUT2D eigenvalue weighted by Gasteiger charge is -2.28. The van der Waals surface area contributed by atoms with E-state index in [9.17, 15) is 5.11 Å². The predicted molar refractivity (Wildman–Crippen MR) is 89.8 cm³/mol. The molecule has 0 bridgehead atoms. The number of nitrogens with one attached hydrogen (secondary N) is 1. The summed E-state index contributed by atoms with van der Waals surface area (Å²) >= 11 is 0. The first-order chi connectivity index (χ1) is 9.85. The zero-order chi connectivity index (χ0) is 15.5. The fourth-order valence-corrected chi connectivity index (χ4v) is 3.11. The molecule has 1 unspecified atom stereocenters. The number of hydrogen-bond donors (Lipinski definition) is 2. The lowest BCUT2D eigenvalue weighted by Crippen LogP contribution is -2.30. The molecule has 0 saturated carbocycles. The summed E-state index contributed by atoms with van der Waals surface area (Å²) in [5.74, 6) is 0.